The summed E-state index contributed by atoms with van der Waals surface area (Å²) in [5, 5.41) is 9.98. The third-order valence-electron chi connectivity index (χ3n) is 2.96. The van der Waals surface area contributed by atoms with Crippen LogP contribution in [0.4, 0.5) is 0 Å². The number of hydrogen-bond donors (Lipinski definition) is 2. The highest BCUT2D eigenvalue weighted by Gasteiger charge is 2.55. The Bertz CT molecular complexity index is 342. The molecule has 1 heterocycles. The summed E-state index contributed by atoms with van der Waals surface area (Å²) in [6, 6.07) is -0.107. The van der Waals surface area contributed by atoms with Gasteiger partial charge in [0.15, 0.2) is 0 Å². The highest BCUT2D eigenvalue weighted by atomic mass is 32.2. The van der Waals surface area contributed by atoms with Crippen LogP contribution in [0.2, 0.25) is 0 Å². The average Bonchev–Trinajstić information content (AvgIpc) is 2.77. The number of β-amino-alcohol motifs (C(OH)–C–C–N with tert-alkyl or cyclic N) is 1. The maximum atomic E-state index is 11.7. The Kier molecular flexibility index (Phi) is 2.57. The first kappa shape index (κ1) is 11.3. The maximum absolute atomic E-state index is 11.7. The lowest BCUT2D eigenvalue weighted by Crippen LogP contribution is -2.66. The summed E-state index contributed by atoms with van der Waals surface area (Å²) in [6.45, 7) is 4.06. The van der Waals surface area contributed by atoms with Crippen LogP contribution in [-0.4, -0.2) is 42.6 Å². The summed E-state index contributed by atoms with van der Waals surface area (Å²) in [5.74, 6) is 0.322. The summed E-state index contributed by atoms with van der Waals surface area (Å²) >= 11 is 0. The van der Waals surface area contributed by atoms with Gasteiger partial charge >= 0.3 is 0 Å². The minimum atomic E-state index is -3.38. The van der Waals surface area contributed by atoms with Crippen molar-refractivity contribution in [3.8, 4) is 0 Å². The molecule has 2 N–H and O–H groups in total. The van der Waals surface area contributed by atoms with E-state index in [1.165, 1.54) is 4.31 Å². The second-order valence-corrected chi connectivity index (χ2v) is 6.63. The van der Waals surface area contributed by atoms with Gasteiger partial charge < -0.3 is 5.11 Å². The van der Waals surface area contributed by atoms with Gasteiger partial charge in [0.05, 0.1) is 5.60 Å². The molecule has 2 aliphatic rings. The molecule has 5 nitrogen and oxygen atoms in total. The highest BCUT2D eigenvalue weighted by Crippen LogP contribution is 2.45. The molecule has 0 unspecified atom stereocenters. The third-order valence-corrected chi connectivity index (χ3v) is 4.67. The lowest BCUT2D eigenvalue weighted by Gasteiger charge is -2.45. The topological polar surface area (TPSA) is 69.6 Å². The van der Waals surface area contributed by atoms with Crippen molar-refractivity contribution in [1.29, 1.82) is 0 Å². The first-order chi connectivity index (χ1) is 6.83. The van der Waals surface area contributed by atoms with E-state index in [1.807, 2.05) is 0 Å². The SMILES string of the molecule is CC(C)NS(=O)(=O)N1CC(O)(C2CC2)C1. The molecule has 1 saturated carbocycles. The predicted molar refractivity (Wildman–Crippen MR) is 56.4 cm³/mol. The number of nitrogens with zero attached hydrogens (tertiary/aromatic N) is 1. The van der Waals surface area contributed by atoms with Crippen molar-refractivity contribution in [3.05, 3.63) is 0 Å². The van der Waals surface area contributed by atoms with Crippen LogP contribution in [0.1, 0.15) is 26.7 Å². The van der Waals surface area contributed by atoms with Gasteiger partial charge in [-0.1, -0.05) is 0 Å². The zero-order valence-corrected chi connectivity index (χ0v) is 9.92. The molecule has 6 heteroatoms. The fourth-order valence-electron chi connectivity index (χ4n) is 1.99. The van der Waals surface area contributed by atoms with E-state index in [-0.39, 0.29) is 19.1 Å². The van der Waals surface area contributed by atoms with Crippen molar-refractivity contribution >= 4 is 10.2 Å². The average molecular weight is 234 g/mol. The van der Waals surface area contributed by atoms with Crippen LogP contribution in [0.5, 0.6) is 0 Å². The smallest absolute Gasteiger partial charge is 0.279 e. The van der Waals surface area contributed by atoms with Gasteiger partial charge in [-0.3, -0.25) is 0 Å². The molecule has 0 bridgehead atoms. The number of rotatable bonds is 4. The third kappa shape index (κ3) is 2.18. The van der Waals surface area contributed by atoms with Gasteiger partial charge in [-0.25, -0.2) is 0 Å². The molecule has 1 aliphatic heterocycles. The molecule has 2 fully saturated rings. The summed E-state index contributed by atoms with van der Waals surface area (Å²) in [7, 11) is -3.38. The van der Waals surface area contributed by atoms with Crippen LogP contribution in [0.3, 0.4) is 0 Å². The van der Waals surface area contributed by atoms with E-state index in [4.69, 9.17) is 0 Å². The normalized spacial score (nSPS) is 26.7. The van der Waals surface area contributed by atoms with Crippen LogP contribution >= 0.6 is 0 Å². The van der Waals surface area contributed by atoms with Crippen molar-refractivity contribution in [2.75, 3.05) is 13.1 Å². The Morgan fingerprint density at radius 1 is 1.40 bits per heavy atom. The fraction of sp³-hybridized carbons (Fsp3) is 1.00. The van der Waals surface area contributed by atoms with Crippen LogP contribution in [0, 0.1) is 5.92 Å². The molecule has 0 radical (unpaired) electrons. The largest absolute Gasteiger partial charge is 0.387 e. The summed E-state index contributed by atoms with van der Waals surface area (Å²) in [6.07, 6.45) is 2.06. The van der Waals surface area contributed by atoms with Gasteiger partial charge in [0.1, 0.15) is 0 Å². The van der Waals surface area contributed by atoms with Gasteiger partial charge in [-0.05, 0) is 32.6 Å². The van der Waals surface area contributed by atoms with E-state index in [9.17, 15) is 13.5 Å². The molecule has 1 saturated heterocycles. The Hall–Kier alpha value is -0.170. The first-order valence-electron chi connectivity index (χ1n) is 5.33. The fourth-order valence-corrected chi connectivity index (χ4v) is 3.52. The Morgan fingerprint density at radius 2 is 1.93 bits per heavy atom. The summed E-state index contributed by atoms with van der Waals surface area (Å²) < 4.78 is 27.1. The monoisotopic (exact) mass is 234 g/mol. The standard InChI is InChI=1S/C9H18N2O3S/c1-7(2)10-15(13,14)11-5-9(12,6-11)8-3-4-8/h7-8,10,12H,3-6H2,1-2H3. The van der Waals surface area contributed by atoms with Gasteiger partial charge in [-0.15, -0.1) is 0 Å². The van der Waals surface area contributed by atoms with Crippen LogP contribution in [0.15, 0.2) is 0 Å². The van der Waals surface area contributed by atoms with E-state index in [1.54, 1.807) is 13.8 Å². The minimum absolute atomic E-state index is 0.107. The van der Waals surface area contributed by atoms with Crippen LogP contribution in [0.25, 0.3) is 0 Å². The van der Waals surface area contributed by atoms with Crippen molar-refractivity contribution in [3.63, 3.8) is 0 Å². The molecule has 0 spiro atoms. The maximum Gasteiger partial charge on any atom is 0.279 e. The van der Waals surface area contributed by atoms with Crippen molar-refractivity contribution in [2.24, 2.45) is 5.92 Å². The Labute approximate surface area is 90.6 Å². The van der Waals surface area contributed by atoms with Crippen LogP contribution in [-0.2, 0) is 10.2 Å². The second-order valence-electron chi connectivity index (χ2n) is 4.92. The Morgan fingerprint density at radius 3 is 2.33 bits per heavy atom. The first-order valence-corrected chi connectivity index (χ1v) is 6.77. The number of hydrogen-bond acceptors (Lipinski definition) is 3. The van der Waals surface area contributed by atoms with E-state index in [0.717, 1.165) is 12.8 Å². The van der Waals surface area contributed by atoms with E-state index >= 15 is 0 Å². The van der Waals surface area contributed by atoms with Gasteiger partial charge in [-0.2, -0.15) is 17.4 Å². The van der Waals surface area contributed by atoms with Gasteiger partial charge in [0.2, 0.25) is 0 Å². The van der Waals surface area contributed by atoms with Gasteiger partial charge in [0.25, 0.3) is 10.2 Å². The van der Waals surface area contributed by atoms with Gasteiger partial charge in [0, 0.05) is 19.1 Å². The molecule has 0 aromatic carbocycles. The minimum Gasteiger partial charge on any atom is -0.387 e. The lowest BCUT2D eigenvalue weighted by atomic mass is 9.91. The predicted octanol–water partition coefficient (Wildman–Crippen LogP) is -0.314. The quantitative estimate of drug-likeness (QED) is 0.701. The zero-order valence-electron chi connectivity index (χ0n) is 9.10. The van der Waals surface area contributed by atoms with E-state index in [0.29, 0.717) is 5.92 Å². The molecule has 0 aromatic heterocycles. The Balaban J connectivity index is 1.93. The molecule has 0 aromatic rings. The van der Waals surface area contributed by atoms with Crippen molar-refractivity contribution in [1.82, 2.24) is 9.03 Å². The second kappa shape index (κ2) is 3.41. The molecule has 1 aliphatic carbocycles. The highest BCUT2D eigenvalue weighted by molar-refractivity contribution is 7.87. The van der Waals surface area contributed by atoms with Crippen molar-refractivity contribution < 1.29 is 13.5 Å². The molecule has 88 valence electrons. The van der Waals surface area contributed by atoms with Crippen molar-refractivity contribution in [2.45, 2.75) is 38.3 Å². The number of aliphatic hydroxyl groups is 1. The summed E-state index contributed by atoms with van der Waals surface area (Å²) in [5.41, 5.74) is -0.744. The molecule has 0 atom stereocenters. The molecular formula is C9H18N2O3S. The zero-order chi connectivity index (χ0) is 11.3. The van der Waals surface area contributed by atoms with Crippen LogP contribution < -0.4 is 4.72 Å². The molecule has 15 heavy (non-hydrogen) atoms. The molecule has 2 rings (SSSR count). The molecular weight excluding hydrogens is 216 g/mol. The number of nitrogens with one attached hydrogen (secondary N) is 1. The summed E-state index contributed by atoms with van der Waals surface area (Å²) in [4.78, 5) is 0. The van der Waals surface area contributed by atoms with E-state index in [2.05, 4.69) is 4.72 Å². The lowest BCUT2D eigenvalue weighted by molar-refractivity contribution is -0.0770. The molecule has 0 amide bonds. The van der Waals surface area contributed by atoms with E-state index < -0.39 is 15.8 Å².